The first-order valence-corrected chi connectivity index (χ1v) is 11.7. The van der Waals surface area contributed by atoms with Crippen LogP contribution in [0, 0.1) is 6.92 Å². The molecule has 28 heavy (non-hydrogen) atoms. The van der Waals surface area contributed by atoms with Crippen molar-refractivity contribution < 1.29 is 13.2 Å². The molecule has 0 radical (unpaired) electrons. The number of carbonyl (C=O) groups excluding carboxylic acids is 1. The number of benzene rings is 1. The minimum Gasteiger partial charge on any atom is -0.321 e. The molecule has 7 nitrogen and oxygen atoms in total. The fraction of sp³-hybridized carbons (Fsp3) is 0.650. The lowest BCUT2D eigenvalue weighted by molar-refractivity contribution is 0.129. The molecule has 2 aliphatic rings. The summed E-state index contributed by atoms with van der Waals surface area (Å²) in [5.41, 5.74) is 0.990. The van der Waals surface area contributed by atoms with Crippen LogP contribution >= 0.6 is 0 Å². The zero-order valence-corrected chi connectivity index (χ0v) is 17.8. The van der Waals surface area contributed by atoms with E-state index in [0.29, 0.717) is 19.6 Å². The lowest BCUT2D eigenvalue weighted by Crippen LogP contribution is -2.54. The highest BCUT2D eigenvalue weighted by Crippen LogP contribution is 2.20. The summed E-state index contributed by atoms with van der Waals surface area (Å²) < 4.78 is 27.7. The zero-order valence-electron chi connectivity index (χ0n) is 17.0. The monoisotopic (exact) mass is 408 g/mol. The summed E-state index contributed by atoms with van der Waals surface area (Å²) in [4.78, 5) is 19.6. The molecular formula is C20H32N4O3S. The second-order valence-electron chi connectivity index (χ2n) is 7.64. The van der Waals surface area contributed by atoms with Crippen LogP contribution in [0.15, 0.2) is 29.2 Å². The number of aryl methyl sites for hydroxylation is 1. The lowest BCUT2D eigenvalue weighted by atomic mass is 10.2. The van der Waals surface area contributed by atoms with E-state index in [1.807, 2.05) is 6.92 Å². The fourth-order valence-corrected chi connectivity index (χ4v) is 5.19. The number of amides is 2. The van der Waals surface area contributed by atoms with Crippen molar-refractivity contribution in [3.05, 3.63) is 29.8 Å². The molecule has 1 aromatic carbocycles. The van der Waals surface area contributed by atoms with Crippen LogP contribution in [0.4, 0.5) is 4.79 Å². The molecule has 3 rings (SSSR count). The highest BCUT2D eigenvalue weighted by Gasteiger charge is 2.34. The fourth-order valence-electron chi connectivity index (χ4n) is 3.81. The van der Waals surface area contributed by atoms with Gasteiger partial charge in [0.15, 0.2) is 0 Å². The first-order chi connectivity index (χ1) is 13.4. The highest BCUT2D eigenvalue weighted by atomic mass is 32.2. The molecule has 0 atom stereocenters. The molecule has 2 amide bonds. The van der Waals surface area contributed by atoms with Crippen LogP contribution in [-0.2, 0) is 10.0 Å². The number of carbonyl (C=O) groups is 1. The Morgan fingerprint density at radius 2 is 1.57 bits per heavy atom. The Morgan fingerprint density at radius 1 is 0.964 bits per heavy atom. The van der Waals surface area contributed by atoms with Crippen LogP contribution in [0.2, 0.25) is 0 Å². The number of likely N-dealkylation sites (tertiary alicyclic amines) is 1. The Balaban J connectivity index is 1.79. The second kappa shape index (κ2) is 9.24. The lowest BCUT2D eigenvalue weighted by Gasteiger charge is -2.37. The molecule has 156 valence electrons. The maximum absolute atomic E-state index is 13.3. The van der Waals surface area contributed by atoms with Gasteiger partial charge in [-0.15, -0.1) is 0 Å². The molecule has 0 bridgehead atoms. The SMILES string of the molecule is CCN1CCN(C(=O)N(CCN2CCCC2)S(=O)(=O)c2ccc(C)cc2)CC1. The first kappa shape index (κ1) is 21.1. The van der Waals surface area contributed by atoms with Crippen LogP contribution in [-0.4, -0.2) is 92.4 Å². The summed E-state index contributed by atoms with van der Waals surface area (Å²) in [6.45, 7) is 10.4. The number of piperazine rings is 1. The van der Waals surface area contributed by atoms with Crippen LogP contribution in [0.5, 0.6) is 0 Å². The molecule has 2 heterocycles. The van der Waals surface area contributed by atoms with Crippen LogP contribution < -0.4 is 0 Å². The molecule has 2 saturated heterocycles. The van der Waals surface area contributed by atoms with Crippen molar-refractivity contribution >= 4 is 16.1 Å². The maximum atomic E-state index is 13.3. The second-order valence-corrected chi connectivity index (χ2v) is 9.51. The van der Waals surface area contributed by atoms with Gasteiger partial charge in [0, 0.05) is 32.7 Å². The summed E-state index contributed by atoms with van der Waals surface area (Å²) in [6, 6.07) is 6.34. The van der Waals surface area contributed by atoms with Gasteiger partial charge < -0.3 is 14.7 Å². The molecule has 0 unspecified atom stereocenters. The maximum Gasteiger partial charge on any atom is 0.334 e. The summed E-state index contributed by atoms with van der Waals surface area (Å²) in [6.07, 6.45) is 2.27. The van der Waals surface area contributed by atoms with Crippen LogP contribution in [0.1, 0.15) is 25.3 Å². The van der Waals surface area contributed by atoms with Crippen LogP contribution in [0.3, 0.4) is 0 Å². The largest absolute Gasteiger partial charge is 0.334 e. The van der Waals surface area contributed by atoms with E-state index >= 15 is 0 Å². The first-order valence-electron chi connectivity index (χ1n) is 10.2. The van der Waals surface area contributed by atoms with E-state index in [1.165, 1.54) is 0 Å². The smallest absolute Gasteiger partial charge is 0.321 e. The van der Waals surface area contributed by atoms with Gasteiger partial charge in [-0.05, 0) is 51.5 Å². The third-order valence-corrected chi connectivity index (χ3v) is 7.52. The minimum atomic E-state index is -3.88. The predicted molar refractivity (Wildman–Crippen MR) is 110 cm³/mol. The average molecular weight is 409 g/mol. The van der Waals surface area contributed by atoms with Gasteiger partial charge in [-0.3, -0.25) is 0 Å². The summed E-state index contributed by atoms with van der Waals surface area (Å²) in [7, 11) is -3.88. The standard InChI is InChI=1S/C20H32N4O3S/c1-3-21-12-15-23(16-13-21)20(25)24(17-14-22-10-4-5-11-22)28(26,27)19-8-6-18(2)7-9-19/h6-9H,3-5,10-17H2,1-2H3. The Morgan fingerprint density at radius 3 is 2.14 bits per heavy atom. The molecule has 0 N–H and O–H groups in total. The summed E-state index contributed by atoms with van der Waals surface area (Å²) >= 11 is 0. The van der Waals surface area contributed by atoms with Crippen molar-refractivity contribution in [3.63, 3.8) is 0 Å². The van der Waals surface area contributed by atoms with Crippen LogP contribution in [0.25, 0.3) is 0 Å². The molecule has 2 aliphatic heterocycles. The van der Waals surface area contributed by atoms with Crippen molar-refractivity contribution in [1.29, 1.82) is 0 Å². The molecule has 1 aromatic rings. The number of sulfonamides is 1. The predicted octanol–water partition coefficient (Wildman–Crippen LogP) is 1.84. The number of hydrogen-bond donors (Lipinski definition) is 0. The summed E-state index contributed by atoms with van der Waals surface area (Å²) in [5, 5.41) is 0. The van der Waals surface area contributed by atoms with Crippen molar-refractivity contribution in [2.75, 3.05) is 58.9 Å². The molecule has 0 aliphatic carbocycles. The zero-order chi connectivity index (χ0) is 20.1. The topological polar surface area (TPSA) is 64.2 Å². The van der Waals surface area contributed by atoms with E-state index in [9.17, 15) is 13.2 Å². The van der Waals surface area contributed by atoms with Crippen molar-refractivity contribution in [2.45, 2.75) is 31.6 Å². The van der Waals surface area contributed by atoms with Gasteiger partial charge in [-0.25, -0.2) is 17.5 Å². The number of urea groups is 1. The minimum absolute atomic E-state index is 0.181. The van der Waals surface area contributed by atoms with Gasteiger partial charge >= 0.3 is 6.03 Å². The number of hydrogen-bond acceptors (Lipinski definition) is 5. The van der Waals surface area contributed by atoms with E-state index in [1.54, 1.807) is 29.2 Å². The van der Waals surface area contributed by atoms with Gasteiger partial charge in [0.05, 0.1) is 11.4 Å². The van der Waals surface area contributed by atoms with Crippen molar-refractivity contribution in [2.24, 2.45) is 0 Å². The van der Waals surface area contributed by atoms with Crippen molar-refractivity contribution in [1.82, 2.24) is 19.0 Å². The van der Waals surface area contributed by atoms with Crippen molar-refractivity contribution in [3.8, 4) is 0 Å². The Labute approximate surface area is 168 Å². The molecule has 0 spiro atoms. The Hall–Kier alpha value is -1.64. The Bertz CT molecular complexity index is 752. The van der Waals surface area contributed by atoms with Gasteiger partial charge in [0.2, 0.25) is 0 Å². The van der Waals surface area contributed by atoms with E-state index in [4.69, 9.17) is 0 Å². The molecule has 0 aromatic heterocycles. The number of nitrogens with zero attached hydrogens (tertiary/aromatic N) is 4. The van der Waals surface area contributed by atoms with E-state index < -0.39 is 16.1 Å². The van der Waals surface area contributed by atoms with E-state index in [2.05, 4.69) is 16.7 Å². The normalized spacial score (nSPS) is 19.1. The quantitative estimate of drug-likeness (QED) is 0.719. The van der Waals surface area contributed by atoms with Gasteiger partial charge in [0.25, 0.3) is 10.0 Å². The third kappa shape index (κ3) is 4.85. The number of rotatable bonds is 6. The molecular weight excluding hydrogens is 376 g/mol. The van der Waals surface area contributed by atoms with E-state index in [0.717, 1.165) is 55.4 Å². The highest BCUT2D eigenvalue weighted by molar-refractivity contribution is 7.89. The molecule has 8 heteroatoms. The van der Waals surface area contributed by atoms with Gasteiger partial charge in [-0.2, -0.15) is 0 Å². The third-order valence-electron chi connectivity index (χ3n) is 5.73. The Kier molecular flexibility index (Phi) is 6.95. The molecule has 0 saturated carbocycles. The van der Waals surface area contributed by atoms with E-state index in [-0.39, 0.29) is 11.4 Å². The average Bonchev–Trinajstić information content (AvgIpc) is 3.22. The number of likely N-dealkylation sites (N-methyl/N-ethyl adjacent to an activating group) is 1. The van der Waals surface area contributed by atoms with Gasteiger partial charge in [0.1, 0.15) is 0 Å². The molecule has 2 fully saturated rings. The summed E-state index contributed by atoms with van der Waals surface area (Å²) in [5.74, 6) is 0. The van der Waals surface area contributed by atoms with Gasteiger partial charge in [-0.1, -0.05) is 24.6 Å².